The number of alkyl halides is 3. The van der Waals surface area contributed by atoms with Crippen LogP contribution in [-0.2, 0) is 14.8 Å². The highest BCUT2D eigenvalue weighted by Crippen LogP contribution is 2.11. The van der Waals surface area contributed by atoms with Crippen LogP contribution in [0.25, 0.3) is 0 Å². The Morgan fingerprint density at radius 1 is 1.31 bits per heavy atom. The number of halogens is 3. The molecule has 0 atom stereocenters. The van der Waals surface area contributed by atoms with Crippen molar-refractivity contribution < 1.29 is 26.4 Å². The van der Waals surface area contributed by atoms with Crippen molar-refractivity contribution in [2.45, 2.75) is 6.18 Å². The van der Waals surface area contributed by atoms with Crippen LogP contribution in [0.4, 0.5) is 13.2 Å². The molecule has 4 N–H and O–H groups in total. The summed E-state index contributed by atoms with van der Waals surface area (Å²) in [5, 5.41) is 8.59. The molecule has 0 fully saturated rings. The van der Waals surface area contributed by atoms with Crippen LogP contribution in [0.15, 0.2) is 0 Å². The number of nitrogens with one attached hydrogen (secondary N) is 2. The molecule has 10 heteroatoms. The average Bonchev–Trinajstić information content (AvgIpc) is 1.98. The molecular weight excluding hydrogens is 251 g/mol. The fourth-order valence-corrected chi connectivity index (χ4v) is 1.10. The highest BCUT2D eigenvalue weighted by atomic mass is 32.2. The lowest BCUT2D eigenvalue weighted by atomic mass is 10.5. The predicted octanol–water partition coefficient (Wildman–Crippen LogP) is -1.46. The molecule has 0 unspecified atom stereocenters. The third-order valence-electron chi connectivity index (χ3n) is 1.32. The van der Waals surface area contributed by atoms with Crippen molar-refractivity contribution in [2.75, 3.05) is 25.4 Å². The number of amides is 1. The molecule has 0 radical (unpaired) electrons. The Labute approximate surface area is 90.4 Å². The van der Waals surface area contributed by atoms with E-state index >= 15 is 0 Å². The molecule has 1 amide bonds. The van der Waals surface area contributed by atoms with Crippen LogP contribution in [0.2, 0.25) is 0 Å². The summed E-state index contributed by atoms with van der Waals surface area (Å²) in [5.41, 5.74) is 0. The summed E-state index contributed by atoms with van der Waals surface area (Å²) in [4.78, 5) is 10.8. The third-order valence-corrected chi connectivity index (χ3v) is 2.09. The maximum Gasteiger partial charge on any atom is 0.401 e. The zero-order valence-corrected chi connectivity index (χ0v) is 8.99. The summed E-state index contributed by atoms with van der Waals surface area (Å²) < 4.78 is 55.7. The van der Waals surface area contributed by atoms with Gasteiger partial charge in [-0.1, -0.05) is 0 Å². The summed E-state index contributed by atoms with van der Waals surface area (Å²) in [5.74, 6) is -1.19. The SMILES string of the molecule is NS(=O)(=O)CCNC(=O)CNCC(F)(F)F. The molecular formula is C6H12F3N3O3S. The van der Waals surface area contributed by atoms with Crippen molar-refractivity contribution in [3.05, 3.63) is 0 Å². The van der Waals surface area contributed by atoms with Gasteiger partial charge in [0.05, 0.1) is 18.8 Å². The van der Waals surface area contributed by atoms with E-state index in [1.807, 2.05) is 5.32 Å². The Morgan fingerprint density at radius 3 is 2.31 bits per heavy atom. The molecule has 0 aliphatic heterocycles. The van der Waals surface area contributed by atoms with Gasteiger partial charge in [-0.15, -0.1) is 0 Å². The molecule has 0 aliphatic carbocycles. The van der Waals surface area contributed by atoms with Gasteiger partial charge >= 0.3 is 6.18 Å². The van der Waals surface area contributed by atoms with Crippen LogP contribution < -0.4 is 15.8 Å². The van der Waals surface area contributed by atoms with Gasteiger partial charge in [0.2, 0.25) is 15.9 Å². The molecule has 96 valence electrons. The van der Waals surface area contributed by atoms with Gasteiger partial charge in [-0.2, -0.15) is 13.2 Å². The molecule has 6 nitrogen and oxygen atoms in total. The standard InChI is InChI=1S/C6H12F3N3O3S/c7-6(8,9)4-11-3-5(13)12-1-2-16(10,14)15/h11H,1-4H2,(H,12,13)(H2,10,14,15). The fraction of sp³-hybridized carbons (Fsp3) is 0.833. The Morgan fingerprint density at radius 2 is 1.88 bits per heavy atom. The van der Waals surface area contributed by atoms with Crippen LogP contribution in [0, 0.1) is 0 Å². The number of nitrogens with two attached hydrogens (primary N) is 1. The van der Waals surface area contributed by atoms with Gasteiger partial charge in [0.1, 0.15) is 0 Å². The van der Waals surface area contributed by atoms with Gasteiger partial charge in [-0.05, 0) is 0 Å². The van der Waals surface area contributed by atoms with E-state index in [0.717, 1.165) is 0 Å². The monoisotopic (exact) mass is 263 g/mol. The Bertz CT molecular complexity index is 328. The lowest BCUT2D eigenvalue weighted by molar-refractivity contribution is -0.128. The minimum atomic E-state index is -4.39. The summed E-state index contributed by atoms with van der Waals surface area (Å²) >= 11 is 0. The van der Waals surface area contributed by atoms with E-state index in [2.05, 4.69) is 10.5 Å². The zero-order chi connectivity index (χ0) is 12.8. The van der Waals surface area contributed by atoms with Gasteiger partial charge in [0.15, 0.2) is 0 Å². The summed E-state index contributed by atoms with van der Waals surface area (Å²) in [6.07, 6.45) is -4.39. The van der Waals surface area contributed by atoms with E-state index in [9.17, 15) is 26.4 Å². The quantitative estimate of drug-likeness (QED) is 0.545. The minimum absolute atomic E-state index is 0.231. The molecule has 0 bridgehead atoms. The number of hydrogen-bond donors (Lipinski definition) is 3. The third kappa shape index (κ3) is 11.2. The molecule has 0 aromatic rings. The van der Waals surface area contributed by atoms with Gasteiger partial charge in [-0.25, -0.2) is 13.6 Å². The first kappa shape index (κ1) is 15.1. The summed E-state index contributed by atoms with van der Waals surface area (Å²) in [6.45, 7) is -2.05. The summed E-state index contributed by atoms with van der Waals surface area (Å²) in [6, 6.07) is 0. The lowest BCUT2D eigenvalue weighted by Crippen LogP contribution is -2.40. The number of rotatable bonds is 6. The Hall–Kier alpha value is -0.870. The number of carbonyl (C=O) groups is 1. The van der Waals surface area contributed by atoms with E-state index in [4.69, 9.17) is 0 Å². The van der Waals surface area contributed by atoms with Crippen LogP contribution >= 0.6 is 0 Å². The fourth-order valence-electron chi connectivity index (χ4n) is 0.713. The van der Waals surface area contributed by atoms with Crippen molar-refractivity contribution in [1.29, 1.82) is 0 Å². The van der Waals surface area contributed by atoms with Gasteiger partial charge in [0, 0.05) is 6.54 Å². The molecule has 0 aliphatic rings. The lowest BCUT2D eigenvalue weighted by Gasteiger charge is -2.08. The van der Waals surface area contributed by atoms with Gasteiger partial charge < -0.3 is 10.6 Å². The molecule has 0 spiro atoms. The molecule has 0 heterocycles. The van der Waals surface area contributed by atoms with E-state index in [1.54, 1.807) is 0 Å². The number of sulfonamides is 1. The van der Waals surface area contributed by atoms with E-state index in [0.29, 0.717) is 0 Å². The van der Waals surface area contributed by atoms with Crippen LogP contribution in [0.5, 0.6) is 0 Å². The topological polar surface area (TPSA) is 101 Å². The number of carbonyl (C=O) groups excluding carboxylic acids is 1. The highest BCUT2D eigenvalue weighted by Gasteiger charge is 2.26. The first-order chi connectivity index (χ1) is 7.10. The normalized spacial score (nSPS) is 12.5. The van der Waals surface area contributed by atoms with Crippen molar-refractivity contribution in [1.82, 2.24) is 10.6 Å². The Kier molecular flexibility index (Phi) is 5.68. The molecule has 0 rings (SSSR count). The van der Waals surface area contributed by atoms with Gasteiger partial charge in [-0.3, -0.25) is 4.79 Å². The molecule has 0 saturated carbocycles. The smallest absolute Gasteiger partial charge is 0.354 e. The van der Waals surface area contributed by atoms with E-state index < -0.39 is 40.9 Å². The average molecular weight is 263 g/mol. The molecule has 0 aromatic carbocycles. The van der Waals surface area contributed by atoms with Crippen molar-refractivity contribution in [3.63, 3.8) is 0 Å². The Balaban J connectivity index is 3.61. The number of hydrogen-bond acceptors (Lipinski definition) is 4. The maximum absolute atomic E-state index is 11.6. The second kappa shape index (κ2) is 6.01. The molecule has 0 saturated heterocycles. The highest BCUT2D eigenvalue weighted by molar-refractivity contribution is 7.89. The first-order valence-electron chi connectivity index (χ1n) is 4.15. The van der Waals surface area contributed by atoms with Crippen LogP contribution in [-0.4, -0.2) is 45.9 Å². The zero-order valence-electron chi connectivity index (χ0n) is 8.17. The van der Waals surface area contributed by atoms with E-state index in [-0.39, 0.29) is 6.54 Å². The molecule has 16 heavy (non-hydrogen) atoms. The largest absolute Gasteiger partial charge is 0.401 e. The first-order valence-corrected chi connectivity index (χ1v) is 5.86. The predicted molar refractivity (Wildman–Crippen MR) is 49.9 cm³/mol. The number of primary sulfonamides is 1. The molecule has 0 aromatic heterocycles. The van der Waals surface area contributed by atoms with Gasteiger partial charge in [0.25, 0.3) is 0 Å². The van der Waals surface area contributed by atoms with Crippen LogP contribution in [0.1, 0.15) is 0 Å². The maximum atomic E-state index is 11.6. The van der Waals surface area contributed by atoms with Crippen molar-refractivity contribution >= 4 is 15.9 Å². The van der Waals surface area contributed by atoms with Crippen molar-refractivity contribution in [3.8, 4) is 0 Å². The second-order valence-electron chi connectivity index (χ2n) is 2.94. The van der Waals surface area contributed by atoms with E-state index in [1.165, 1.54) is 0 Å². The summed E-state index contributed by atoms with van der Waals surface area (Å²) in [7, 11) is -3.68. The second-order valence-corrected chi connectivity index (χ2v) is 4.67. The minimum Gasteiger partial charge on any atom is -0.354 e. The van der Waals surface area contributed by atoms with Crippen LogP contribution in [0.3, 0.4) is 0 Å². The van der Waals surface area contributed by atoms with Crippen molar-refractivity contribution in [2.24, 2.45) is 5.14 Å².